The normalized spacial score (nSPS) is 11.3. The van der Waals surface area contributed by atoms with Crippen LogP contribution in [-0.4, -0.2) is 39.8 Å². The largest absolute Gasteiger partial charge is 0.390 e. The molecule has 0 aliphatic carbocycles. The Kier molecular flexibility index (Phi) is 5.57. The van der Waals surface area contributed by atoms with Gasteiger partial charge in [0.1, 0.15) is 5.82 Å². The van der Waals surface area contributed by atoms with Crippen molar-refractivity contribution < 1.29 is 9.18 Å². The van der Waals surface area contributed by atoms with E-state index in [9.17, 15) is 9.18 Å². The monoisotopic (exact) mass is 417 g/mol. The van der Waals surface area contributed by atoms with Gasteiger partial charge in [0.2, 0.25) is 0 Å². The summed E-state index contributed by atoms with van der Waals surface area (Å²) in [4.78, 5) is 19.5. The second-order valence-electron chi connectivity index (χ2n) is 6.88. The Labute approximate surface area is 176 Å². The van der Waals surface area contributed by atoms with Gasteiger partial charge in [-0.3, -0.25) is 15.3 Å². The number of aromatic nitrogens is 3. The van der Waals surface area contributed by atoms with E-state index >= 15 is 0 Å². The molecule has 0 aliphatic heterocycles. The number of hydrogen-bond donors (Lipinski definition) is 5. The van der Waals surface area contributed by atoms with E-state index in [1.807, 2.05) is 24.3 Å². The summed E-state index contributed by atoms with van der Waals surface area (Å²) < 4.78 is 13.0. The summed E-state index contributed by atoms with van der Waals surface area (Å²) in [6.45, 7) is 0.405. The zero-order chi connectivity index (χ0) is 21.8. The fourth-order valence-corrected chi connectivity index (χ4v) is 3.26. The third-order valence-electron chi connectivity index (χ3n) is 4.85. The fourth-order valence-electron chi connectivity index (χ4n) is 3.26. The number of hydrogen-bond acceptors (Lipinski definition) is 3. The quantitative estimate of drug-likeness (QED) is 0.244. The number of carbonyl (C=O) groups excluding carboxylic acids is 1. The standard InChI is InChI=1S/C22H20FN7O/c23-15-4-1-13(2-5-15)9-10-26-22(31)20-16-11-14(3-6-18(16)29-30-20)17-7-8-19(28-17)21(25)27-12-24/h1-8,11-12,28H,9-10H2,(H,26,31)(H,29,30)(H3,24,25,27). The number of H-pyrrole nitrogens is 2. The SMILES string of the molecule is N=C(N=CN)c1ccc(-c2ccc3[nH]nc(C(=O)NCCc4ccc(F)cc4)c3c2)[nH]1. The molecule has 31 heavy (non-hydrogen) atoms. The van der Waals surface area contributed by atoms with Crippen LogP contribution < -0.4 is 11.1 Å². The highest BCUT2D eigenvalue weighted by molar-refractivity contribution is 6.05. The van der Waals surface area contributed by atoms with Gasteiger partial charge in [-0.25, -0.2) is 9.38 Å². The van der Waals surface area contributed by atoms with Gasteiger partial charge in [-0.1, -0.05) is 18.2 Å². The molecule has 8 nitrogen and oxygen atoms in total. The van der Waals surface area contributed by atoms with Gasteiger partial charge in [0.15, 0.2) is 11.5 Å². The lowest BCUT2D eigenvalue weighted by atomic mass is 10.1. The van der Waals surface area contributed by atoms with Gasteiger partial charge < -0.3 is 16.0 Å². The van der Waals surface area contributed by atoms with Crippen LogP contribution in [0.5, 0.6) is 0 Å². The van der Waals surface area contributed by atoms with Gasteiger partial charge in [-0.15, -0.1) is 0 Å². The first-order chi connectivity index (χ1) is 15.0. The highest BCUT2D eigenvalue weighted by Gasteiger charge is 2.15. The number of nitrogens with two attached hydrogens (primary N) is 1. The van der Waals surface area contributed by atoms with Crippen LogP contribution in [0.4, 0.5) is 4.39 Å². The molecule has 2 heterocycles. The average molecular weight is 417 g/mol. The summed E-state index contributed by atoms with van der Waals surface area (Å²) in [5.41, 5.74) is 9.35. The van der Waals surface area contributed by atoms with Crippen LogP contribution in [0, 0.1) is 11.2 Å². The van der Waals surface area contributed by atoms with Gasteiger partial charge in [-0.05, 0) is 53.9 Å². The molecule has 2 aromatic heterocycles. The van der Waals surface area contributed by atoms with Gasteiger partial charge in [0.05, 0.1) is 17.5 Å². The lowest BCUT2D eigenvalue weighted by Crippen LogP contribution is -2.26. The number of aliphatic imine (C=N–C) groups is 1. The molecule has 0 unspecified atom stereocenters. The molecular formula is C22H20FN7O. The zero-order valence-corrected chi connectivity index (χ0v) is 16.4. The van der Waals surface area contributed by atoms with E-state index in [4.69, 9.17) is 11.1 Å². The zero-order valence-electron chi connectivity index (χ0n) is 16.4. The summed E-state index contributed by atoms with van der Waals surface area (Å²) in [6.07, 6.45) is 1.66. The predicted octanol–water partition coefficient (Wildman–Crippen LogP) is 2.98. The summed E-state index contributed by atoms with van der Waals surface area (Å²) in [7, 11) is 0. The Morgan fingerprint density at radius 2 is 2.00 bits per heavy atom. The van der Waals surface area contributed by atoms with E-state index in [0.717, 1.165) is 28.7 Å². The second-order valence-corrected chi connectivity index (χ2v) is 6.88. The molecule has 1 amide bonds. The maximum atomic E-state index is 13.0. The molecule has 0 saturated carbocycles. The Morgan fingerprint density at radius 3 is 2.77 bits per heavy atom. The van der Waals surface area contributed by atoms with Crippen LogP contribution >= 0.6 is 0 Å². The Balaban J connectivity index is 1.50. The molecule has 0 spiro atoms. The predicted molar refractivity (Wildman–Crippen MR) is 118 cm³/mol. The maximum absolute atomic E-state index is 13.0. The second kappa shape index (κ2) is 8.62. The van der Waals surface area contributed by atoms with Crippen molar-refractivity contribution in [3.05, 3.63) is 77.4 Å². The van der Waals surface area contributed by atoms with Crippen LogP contribution in [0.2, 0.25) is 0 Å². The van der Waals surface area contributed by atoms with Crippen molar-refractivity contribution in [1.82, 2.24) is 20.5 Å². The summed E-state index contributed by atoms with van der Waals surface area (Å²) >= 11 is 0. The molecule has 9 heteroatoms. The maximum Gasteiger partial charge on any atom is 0.272 e. The van der Waals surface area contributed by atoms with E-state index in [0.29, 0.717) is 29.7 Å². The van der Waals surface area contributed by atoms with Gasteiger partial charge in [0, 0.05) is 17.6 Å². The van der Waals surface area contributed by atoms with Crippen molar-refractivity contribution in [2.45, 2.75) is 6.42 Å². The summed E-state index contributed by atoms with van der Waals surface area (Å²) in [6, 6.07) is 15.4. The minimum Gasteiger partial charge on any atom is -0.390 e. The Morgan fingerprint density at radius 1 is 1.19 bits per heavy atom. The number of amides is 1. The van der Waals surface area contributed by atoms with Crippen molar-refractivity contribution in [1.29, 1.82) is 5.41 Å². The molecule has 4 aromatic rings. The van der Waals surface area contributed by atoms with Crippen molar-refractivity contribution in [2.75, 3.05) is 6.54 Å². The summed E-state index contributed by atoms with van der Waals surface area (Å²) in [5, 5.41) is 18.4. The highest BCUT2D eigenvalue weighted by atomic mass is 19.1. The average Bonchev–Trinajstić information content (AvgIpc) is 3.42. The molecule has 6 N–H and O–H groups in total. The van der Waals surface area contributed by atoms with Crippen LogP contribution in [0.3, 0.4) is 0 Å². The molecule has 0 atom stereocenters. The van der Waals surface area contributed by atoms with Crippen LogP contribution in [-0.2, 0) is 6.42 Å². The lowest BCUT2D eigenvalue weighted by molar-refractivity contribution is 0.0950. The number of fused-ring (bicyclic) bond motifs is 1. The van der Waals surface area contributed by atoms with E-state index in [2.05, 4.69) is 25.5 Å². The molecule has 156 valence electrons. The molecule has 0 fully saturated rings. The van der Waals surface area contributed by atoms with Crippen molar-refractivity contribution in [2.24, 2.45) is 10.7 Å². The first kappa shape index (κ1) is 20.0. The number of halogens is 1. The van der Waals surface area contributed by atoms with Crippen LogP contribution in [0.25, 0.3) is 22.2 Å². The van der Waals surface area contributed by atoms with E-state index in [-0.39, 0.29) is 17.6 Å². The third-order valence-corrected chi connectivity index (χ3v) is 4.85. The molecule has 0 bridgehead atoms. The highest BCUT2D eigenvalue weighted by Crippen LogP contribution is 2.25. The first-order valence-electron chi connectivity index (χ1n) is 9.58. The van der Waals surface area contributed by atoms with Crippen molar-refractivity contribution >= 4 is 29.0 Å². The Bertz CT molecular complexity index is 1270. The van der Waals surface area contributed by atoms with E-state index in [1.165, 1.54) is 12.1 Å². The number of nitrogens with one attached hydrogen (secondary N) is 4. The molecule has 4 rings (SSSR count). The van der Waals surface area contributed by atoms with E-state index < -0.39 is 0 Å². The van der Waals surface area contributed by atoms with Crippen molar-refractivity contribution in [3.63, 3.8) is 0 Å². The molecule has 0 aliphatic rings. The molecule has 2 aromatic carbocycles. The van der Waals surface area contributed by atoms with E-state index in [1.54, 1.807) is 18.2 Å². The Hall–Kier alpha value is -4.27. The number of nitrogens with zero attached hydrogens (tertiary/aromatic N) is 2. The van der Waals surface area contributed by atoms with Gasteiger partial charge >= 0.3 is 0 Å². The molecule has 0 saturated heterocycles. The van der Waals surface area contributed by atoms with Gasteiger partial charge in [-0.2, -0.15) is 5.10 Å². The van der Waals surface area contributed by atoms with Crippen LogP contribution in [0.15, 0.2) is 59.6 Å². The fraction of sp³-hybridized carbons (Fsp3) is 0.0909. The smallest absolute Gasteiger partial charge is 0.272 e. The summed E-state index contributed by atoms with van der Waals surface area (Å²) in [5.74, 6) is -0.555. The number of benzene rings is 2. The topological polar surface area (TPSA) is 136 Å². The van der Waals surface area contributed by atoms with Crippen LogP contribution in [0.1, 0.15) is 21.7 Å². The minimum absolute atomic E-state index is 0.0272. The number of amidine groups is 1. The lowest BCUT2D eigenvalue weighted by Gasteiger charge is -2.05. The molecular weight excluding hydrogens is 397 g/mol. The molecule has 0 radical (unpaired) electrons. The number of carbonyl (C=O) groups is 1. The first-order valence-corrected chi connectivity index (χ1v) is 9.58. The van der Waals surface area contributed by atoms with Gasteiger partial charge in [0.25, 0.3) is 5.91 Å². The van der Waals surface area contributed by atoms with Crippen molar-refractivity contribution in [3.8, 4) is 11.3 Å². The number of aromatic amines is 2. The third kappa shape index (κ3) is 4.35. The minimum atomic E-state index is -0.295. The number of rotatable bonds is 6.